The Morgan fingerprint density at radius 1 is 0.969 bits per heavy atom. The van der Waals surface area contributed by atoms with Crippen molar-refractivity contribution in [2.24, 2.45) is 17.8 Å². The molecule has 2 aliphatic carbocycles. The first-order valence-corrected chi connectivity index (χ1v) is 23.2. The molecule has 360 valence electrons. The van der Waals surface area contributed by atoms with Crippen LogP contribution in [0.15, 0.2) is 18.2 Å². The Morgan fingerprint density at radius 2 is 1.66 bits per heavy atom. The fourth-order valence-corrected chi connectivity index (χ4v) is 9.77. The van der Waals surface area contributed by atoms with Crippen molar-refractivity contribution in [3.05, 3.63) is 33.8 Å². The average Bonchev–Trinajstić information content (AvgIpc) is 4.19. The molecule has 0 radical (unpaired) electrons. The standard InChI is InChI=1S/C44H59Cl2F4N7O8/c1-23(2)18-30-39(61)55(4)34(20-25-19-27(45)14-15-29(25)46)40(62)56-17-7-9-32(56)36(58)51-16-6-5-8-31(37(59)52-30)54(3)41(63)35(24-10-11-24)53-38(60)33-21-28(47)22-57(33)42(64)43(65,26-12-13-26)44(48,49)50/h14-15,19,23-24,26,28,30-35,65H,5-13,16-18,20-22H2,1-4H3,(H,51,58)(H,52,59)(H,53,60)/t28-,30+,31+,32-,33+,34+,35+,43?/m1/s1. The van der Waals surface area contributed by atoms with Crippen LogP contribution >= 0.6 is 23.2 Å². The Balaban J connectivity index is 1.26. The van der Waals surface area contributed by atoms with Crippen LogP contribution in [0.5, 0.6) is 0 Å². The quantitative estimate of drug-likeness (QED) is 0.243. The molecule has 7 amide bonds. The summed E-state index contributed by atoms with van der Waals surface area (Å²) in [6, 6.07) is -2.74. The summed E-state index contributed by atoms with van der Waals surface area (Å²) in [5.41, 5.74) is -3.32. The maximum Gasteiger partial charge on any atom is 0.426 e. The Labute approximate surface area is 385 Å². The molecular weight excluding hydrogens is 901 g/mol. The molecule has 4 N–H and O–H groups in total. The molecule has 6 rings (SSSR count). The molecular formula is C44H59Cl2F4N7O8. The van der Waals surface area contributed by atoms with Crippen molar-refractivity contribution in [1.82, 2.24) is 35.6 Å². The van der Waals surface area contributed by atoms with E-state index in [-0.39, 0.29) is 57.0 Å². The van der Waals surface area contributed by atoms with E-state index in [1.165, 1.54) is 23.9 Å². The second-order valence-electron chi connectivity index (χ2n) is 18.7. The van der Waals surface area contributed by atoms with Crippen molar-refractivity contribution >= 4 is 64.6 Å². The third-order valence-electron chi connectivity index (χ3n) is 13.4. The molecule has 0 aromatic heterocycles. The lowest BCUT2D eigenvalue weighted by molar-refractivity contribution is -0.263. The van der Waals surface area contributed by atoms with Gasteiger partial charge in [-0.1, -0.05) is 37.0 Å². The van der Waals surface area contributed by atoms with Crippen LogP contribution in [0.4, 0.5) is 17.6 Å². The van der Waals surface area contributed by atoms with Gasteiger partial charge in [0.25, 0.3) is 5.91 Å². The fourth-order valence-electron chi connectivity index (χ4n) is 9.38. The van der Waals surface area contributed by atoms with E-state index in [0.29, 0.717) is 59.0 Å². The molecule has 15 nitrogen and oxygen atoms in total. The molecule has 65 heavy (non-hydrogen) atoms. The van der Waals surface area contributed by atoms with E-state index in [0.717, 1.165) is 4.90 Å². The number of rotatable bonds is 11. The number of likely N-dealkylation sites (tertiary alicyclic amines) is 1. The molecule has 1 unspecified atom stereocenters. The van der Waals surface area contributed by atoms with E-state index >= 15 is 0 Å². The van der Waals surface area contributed by atoms with Crippen molar-refractivity contribution < 1.29 is 56.2 Å². The molecule has 0 bridgehead atoms. The van der Waals surface area contributed by atoms with Gasteiger partial charge >= 0.3 is 6.18 Å². The van der Waals surface area contributed by atoms with Gasteiger partial charge in [0.1, 0.15) is 42.4 Å². The van der Waals surface area contributed by atoms with Crippen LogP contribution in [-0.2, 0) is 40.0 Å². The maximum atomic E-state index is 14.9. The largest absolute Gasteiger partial charge is 0.426 e. The van der Waals surface area contributed by atoms with Gasteiger partial charge in [-0.3, -0.25) is 33.6 Å². The Hall–Kier alpha value is -4.23. The van der Waals surface area contributed by atoms with Crippen LogP contribution in [0.25, 0.3) is 0 Å². The monoisotopic (exact) mass is 959 g/mol. The number of fused-ring (bicyclic) bond motifs is 1. The van der Waals surface area contributed by atoms with Gasteiger partial charge in [0.05, 0.1) is 6.54 Å². The van der Waals surface area contributed by atoms with Crippen LogP contribution in [0.2, 0.25) is 10.0 Å². The summed E-state index contributed by atoms with van der Waals surface area (Å²) in [5.74, 6) is -7.88. The molecule has 5 aliphatic rings. The van der Waals surface area contributed by atoms with Crippen LogP contribution < -0.4 is 16.0 Å². The molecule has 8 atom stereocenters. The van der Waals surface area contributed by atoms with Crippen molar-refractivity contribution in [3.63, 3.8) is 0 Å². The first kappa shape index (κ1) is 50.2. The molecule has 3 heterocycles. The van der Waals surface area contributed by atoms with Crippen LogP contribution in [0.3, 0.4) is 0 Å². The van der Waals surface area contributed by atoms with E-state index in [9.17, 15) is 56.2 Å². The lowest BCUT2D eigenvalue weighted by Gasteiger charge is -2.37. The number of carbonyl (C=O) groups excluding carboxylic acids is 7. The summed E-state index contributed by atoms with van der Waals surface area (Å²) in [7, 11) is 2.78. The number of amides is 7. The predicted octanol–water partition coefficient (Wildman–Crippen LogP) is 3.55. The number of nitrogens with zero attached hydrogens (tertiary/aromatic N) is 4. The number of likely N-dealkylation sites (N-methyl/N-ethyl adjacent to an activating group) is 2. The zero-order chi connectivity index (χ0) is 47.7. The second-order valence-corrected chi connectivity index (χ2v) is 19.5. The molecule has 5 fully saturated rings. The zero-order valence-corrected chi connectivity index (χ0v) is 38.5. The normalized spacial score (nSPS) is 27.8. The van der Waals surface area contributed by atoms with Gasteiger partial charge in [0, 0.05) is 56.0 Å². The summed E-state index contributed by atoms with van der Waals surface area (Å²) < 4.78 is 57.4. The highest BCUT2D eigenvalue weighted by atomic mass is 35.5. The lowest BCUT2D eigenvalue weighted by Crippen LogP contribution is -2.63. The molecule has 0 spiro atoms. The predicted molar refractivity (Wildman–Crippen MR) is 230 cm³/mol. The smallest absolute Gasteiger partial charge is 0.372 e. The van der Waals surface area contributed by atoms with Gasteiger partial charge in [-0.2, -0.15) is 13.2 Å². The van der Waals surface area contributed by atoms with Crippen molar-refractivity contribution in [1.29, 1.82) is 0 Å². The van der Waals surface area contributed by atoms with Gasteiger partial charge in [-0.15, -0.1) is 0 Å². The van der Waals surface area contributed by atoms with E-state index in [2.05, 4.69) is 16.0 Å². The van der Waals surface area contributed by atoms with Crippen LogP contribution in [0, 0.1) is 17.8 Å². The van der Waals surface area contributed by atoms with Gasteiger partial charge in [-0.05, 0) is 99.8 Å². The van der Waals surface area contributed by atoms with E-state index < -0.39 is 114 Å². The van der Waals surface area contributed by atoms with Gasteiger partial charge < -0.3 is 40.7 Å². The Morgan fingerprint density at radius 3 is 2.29 bits per heavy atom. The van der Waals surface area contributed by atoms with Gasteiger partial charge in [0.15, 0.2) is 0 Å². The Bertz CT molecular complexity index is 2010. The number of benzene rings is 1. The lowest BCUT2D eigenvalue weighted by atomic mass is 9.94. The van der Waals surface area contributed by atoms with E-state index in [1.54, 1.807) is 18.2 Å². The first-order valence-electron chi connectivity index (χ1n) is 22.4. The molecule has 1 aromatic carbocycles. The zero-order valence-electron chi connectivity index (χ0n) is 37.0. The average molecular weight is 961 g/mol. The van der Waals surface area contributed by atoms with Crippen molar-refractivity contribution in [2.45, 2.75) is 145 Å². The van der Waals surface area contributed by atoms with E-state index in [4.69, 9.17) is 23.2 Å². The number of aliphatic hydroxyl groups is 1. The highest BCUT2D eigenvalue weighted by Crippen LogP contribution is 2.50. The van der Waals surface area contributed by atoms with Crippen LogP contribution in [0.1, 0.15) is 90.0 Å². The van der Waals surface area contributed by atoms with Crippen LogP contribution in [-0.4, -0.2) is 154 Å². The third kappa shape index (κ3) is 11.1. The molecule has 3 aliphatic heterocycles. The molecule has 2 saturated carbocycles. The maximum absolute atomic E-state index is 14.9. The highest BCUT2D eigenvalue weighted by molar-refractivity contribution is 6.33. The van der Waals surface area contributed by atoms with Crippen molar-refractivity contribution in [2.75, 3.05) is 33.7 Å². The summed E-state index contributed by atoms with van der Waals surface area (Å²) in [4.78, 5) is 103. The molecule has 1 aromatic rings. The number of hydrogen-bond acceptors (Lipinski definition) is 8. The molecule has 21 heteroatoms. The highest BCUT2D eigenvalue weighted by Gasteiger charge is 2.69. The number of alkyl halides is 4. The summed E-state index contributed by atoms with van der Waals surface area (Å²) in [5, 5.41) is 19.6. The minimum Gasteiger partial charge on any atom is -0.372 e. The number of nitrogens with one attached hydrogen (secondary N) is 3. The summed E-state index contributed by atoms with van der Waals surface area (Å²) in [6.07, 6.45) is -5.44. The number of halogens is 6. The minimum absolute atomic E-state index is 0.0449. The third-order valence-corrected chi connectivity index (χ3v) is 14.0. The minimum atomic E-state index is -5.39. The summed E-state index contributed by atoms with van der Waals surface area (Å²) >= 11 is 12.9. The van der Waals surface area contributed by atoms with Gasteiger partial charge in [0.2, 0.25) is 41.0 Å². The first-order chi connectivity index (χ1) is 30.5. The molecule has 3 saturated heterocycles. The number of hydrogen-bond donors (Lipinski definition) is 4. The fraction of sp³-hybridized carbons (Fsp3) is 0.705. The number of carbonyl (C=O) groups is 7. The second kappa shape index (κ2) is 20.3. The van der Waals surface area contributed by atoms with E-state index in [1.807, 2.05) is 13.8 Å². The van der Waals surface area contributed by atoms with Crippen molar-refractivity contribution in [3.8, 4) is 0 Å². The van der Waals surface area contributed by atoms with Gasteiger partial charge in [-0.25, -0.2) is 4.39 Å². The topological polar surface area (TPSA) is 189 Å². The SMILES string of the molecule is CC(C)C[C@@H]1NC(=O)[C@@H](N(C)C(=O)[C@@H](NC(=O)[C@@H]2C[C@@H](F)CN2C(=O)C(O)(C2CC2)C(F)(F)F)C2CC2)CCCCNC(=O)[C@H]2CCCN2C(=O)[C@H](Cc2cc(Cl)ccc2Cl)N(C)C1=O. The Kier molecular flexibility index (Phi) is 15.7. The summed E-state index contributed by atoms with van der Waals surface area (Å²) in [6.45, 7) is 3.29.